The SMILES string of the molecule is Cc1ccc(NC(=O)COC(=O)[C@@H]2[C@H]3C[C@H]4[C@H](OC(=O)[C@@H]42)[C@@H]3Br)c(C)c1. The van der Waals surface area contributed by atoms with Crippen molar-refractivity contribution in [1.82, 2.24) is 0 Å². The monoisotopic (exact) mass is 421 g/mol. The van der Waals surface area contributed by atoms with E-state index in [1.807, 2.05) is 32.0 Å². The molecule has 4 rings (SSSR count). The van der Waals surface area contributed by atoms with E-state index in [-0.39, 0.29) is 35.3 Å². The Morgan fingerprint density at radius 3 is 2.81 bits per heavy atom. The van der Waals surface area contributed by atoms with Crippen LogP contribution in [0.1, 0.15) is 17.5 Å². The molecule has 0 aromatic heterocycles. The molecule has 1 N–H and O–H groups in total. The second-order valence-electron chi connectivity index (χ2n) is 7.44. The Hall–Kier alpha value is -1.89. The second kappa shape index (κ2) is 6.37. The summed E-state index contributed by atoms with van der Waals surface area (Å²) in [5, 5.41) is 2.75. The molecule has 1 amide bonds. The highest BCUT2D eigenvalue weighted by Crippen LogP contribution is 2.60. The van der Waals surface area contributed by atoms with E-state index >= 15 is 0 Å². The van der Waals surface area contributed by atoms with Gasteiger partial charge in [0.1, 0.15) is 6.10 Å². The maximum atomic E-state index is 12.6. The molecule has 0 radical (unpaired) electrons. The van der Waals surface area contributed by atoms with Gasteiger partial charge in [-0.15, -0.1) is 0 Å². The highest BCUT2D eigenvalue weighted by atomic mass is 79.9. The molecule has 2 bridgehead atoms. The quantitative estimate of drug-likeness (QED) is 0.595. The maximum Gasteiger partial charge on any atom is 0.310 e. The van der Waals surface area contributed by atoms with Gasteiger partial charge in [-0.3, -0.25) is 14.4 Å². The zero-order chi connectivity index (χ0) is 18.6. The van der Waals surface area contributed by atoms with Gasteiger partial charge in [0, 0.05) is 11.6 Å². The number of halogens is 1. The van der Waals surface area contributed by atoms with Crippen LogP contribution in [-0.4, -0.2) is 35.4 Å². The summed E-state index contributed by atoms with van der Waals surface area (Å²) in [6, 6.07) is 5.70. The number of ether oxygens (including phenoxy) is 2. The molecule has 0 unspecified atom stereocenters. The van der Waals surface area contributed by atoms with Crippen LogP contribution < -0.4 is 5.32 Å². The van der Waals surface area contributed by atoms with Crippen LogP contribution >= 0.6 is 15.9 Å². The van der Waals surface area contributed by atoms with E-state index in [1.165, 1.54) is 0 Å². The molecule has 3 aliphatic rings. The number of hydrogen-bond donors (Lipinski definition) is 1. The maximum absolute atomic E-state index is 12.6. The van der Waals surface area contributed by atoms with Crippen molar-refractivity contribution in [3.05, 3.63) is 29.3 Å². The van der Waals surface area contributed by atoms with E-state index in [4.69, 9.17) is 9.47 Å². The first-order chi connectivity index (χ1) is 12.4. The van der Waals surface area contributed by atoms with Gasteiger partial charge in [-0.05, 0) is 37.8 Å². The van der Waals surface area contributed by atoms with Gasteiger partial charge in [-0.2, -0.15) is 0 Å². The molecule has 1 aromatic carbocycles. The summed E-state index contributed by atoms with van der Waals surface area (Å²) in [5.41, 5.74) is 2.74. The first kappa shape index (κ1) is 17.5. The third kappa shape index (κ3) is 2.73. The van der Waals surface area contributed by atoms with Gasteiger partial charge in [-0.1, -0.05) is 33.6 Å². The number of carbonyl (C=O) groups excluding carboxylic acids is 3. The molecule has 1 aromatic rings. The molecule has 3 fully saturated rings. The number of hydrogen-bond acceptors (Lipinski definition) is 5. The fourth-order valence-electron chi connectivity index (χ4n) is 4.67. The van der Waals surface area contributed by atoms with Crippen molar-refractivity contribution < 1.29 is 23.9 Å². The molecule has 2 saturated carbocycles. The van der Waals surface area contributed by atoms with Gasteiger partial charge in [0.15, 0.2) is 6.61 Å². The van der Waals surface area contributed by atoms with Gasteiger partial charge in [0.2, 0.25) is 0 Å². The van der Waals surface area contributed by atoms with Crippen molar-refractivity contribution in [3.63, 3.8) is 0 Å². The number of carbonyl (C=O) groups is 3. The number of nitrogens with one attached hydrogen (secondary N) is 1. The summed E-state index contributed by atoms with van der Waals surface area (Å²) in [4.78, 5) is 36.7. The van der Waals surface area contributed by atoms with E-state index in [2.05, 4.69) is 21.2 Å². The Morgan fingerprint density at radius 2 is 2.08 bits per heavy atom. The van der Waals surface area contributed by atoms with E-state index in [9.17, 15) is 14.4 Å². The van der Waals surface area contributed by atoms with Crippen LogP contribution in [0.25, 0.3) is 0 Å². The Labute approximate surface area is 159 Å². The Balaban J connectivity index is 1.37. The first-order valence-electron chi connectivity index (χ1n) is 8.75. The topological polar surface area (TPSA) is 81.7 Å². The first-order valence-corrected chi connectivity index (χ1v) is 9.66. The average Bonchev–Trinajstić information content (AvgIpc) is 3.19. The highest BCUT2D eigenvalue weighted by molar-refractivity contribution is 9.09. The van der Waals surface area contributed by atoms with Crippen molar-refractivity contribution >= 4 is 39.5 Å². The molecule has 2 aliphatic carbocycles. The number of alkyl halides is 1. The molecule has 1 saturated heterocycles. The summed E-state index contributed by atoms with van der Waals surface area (Å²) in [5.74, 6) is -2.03. The number of anilines is 1. The van der Waals surface area contributed by atoms with Crippen LogP contribution in [0.15, 0.2) is 18.2 Å². The van der Waals surface area contributed by atoms with E-state index in [0.717, 1.165) is 17.5 Å². The highest BCUT2D eigenvalue weighted by Gasteiger charge is 2.68. The molecule has 138 valence electrons. The minimum absolute atomic E-state index is 0.0169. The summed E-state index contributed by atoms with van der Waals surface area (Å²) in [6.07, 6.45) is 0.653. The van der Waals surface area contributed by atoms with Crippen molar-refractivity contribution in [3.8, 4) is 0 Å². The molecular formula is C19H20BrNO5. The lowest BCUT2D eigenvalue weighted by molar-refractivity contribution is -0.157. The Kier molecular flexibility index (Phi) is 4.29. The van der Waals surface area contributed by atoms with Crippen LogP contribution in [0.4, 0.5) is 5.69 Å². The lowest BCUT2D eigenvalue weighted by Crippen LogP contribution is -2.39. The van der Waals surface area contributed by atoms with Crippen LogP contribution in [0.3, 0.4) is 0 Å². The average molecular weight is 422 g/mol. The van der Waals surface area contributed by atoms with Gasteiger partial charge < -0.3 is 14.8 Å². The summed E-state index contributed by atoms with van der Waals surface area (Å²) in [7, 11) is 0. The third-order valence-electron chi connectivity index (χ3n) is 5.80. The fraction of sp³-hybridized carbons (Fsp3) is 0.526. The predicted molar refractivity (Wildman–Crippen MR) is 96.7 cm³/mol. The normalized spacial score (nSPS) is 33.9. The van der Waals surface area contributed by atoms with Crippen molar-refractivity contribution in [2.75, 3.05) is 11.9 Å². The number of amides is 1. The zero-order valence-corrected chi connectivity index (χ0v) is 16.1. The number of fused-ring (bicyclic) bond motifs is 1. The molecule has 26 heavy (non-hydrogen) atoms. The van der Waals surface area contributed by atoms with E-state index in [1.54, 1.807) is 0 Å². The number of rotatable bonds is 4. The van der Waals surface area contributed by atoms with Gasteiger partial charge in [-0.25, -0.2) is 0 Å². The molecule has 6 nitrogen and oxygen atoms in total. The van der Waals surface area contributed by atoms with Crippen LogP contribution in [0, 0.1) is 37.5 Å². The lowest BCUT2D eigenvalue weighted by atomic mass is 9.80. The fourth-order valence-corrected chi connectivity index (χ4v) is 5.71. The number of aryl methyl sites for hydroxylation is 2. The molecule has 7 heteroatoms. The van der Waals surface area contributed by atoms with Crippen LogP contribution in [0.2, 0.25) is 0 Å². The van der Waals surface area contributed by atoms with Crippen molar-refractivity contribution in [2.24, 2.45) is 23.7 Å². The summed E-state index contributed by atoms with van der Waals surface area (Å²) in [6.45, 7) is 3.52. The van der Waals surface area contributed by atoms with Crippen LogP contribution in [0.5, 0.6) is 0 Å². The lowest BCUT2D eigenvalue weighted by Gasteiger charge is -2.26. The number of benzene rings is 1. The van der Waals surface area contributed by atoms with Gasteiger partial charge in [0.25, 0.3) is 5.91 Å². The van der Waals surface area contributed by atoms with Gasteiger partial charge in [0.05, 0.1) is 16.7 Å². The van der Waals surface area contributed by atoms with Gasteiger partial charge >= 0.3 is 11.9 Å². The van der Waals surface area contributed by atoms with Crippen molar-refractivity contribution in [2.45, 2.75) is 31.2 Å². The van der Waals surface area contributed by atoms with E-state index < -0.39 is 23.7 Å². The zero-order valence-electron chi connectivity index (χ0n) is 14.5. The minimum Gasteiger partial charge on any atom is -0.461 e. The van der Waals surface area contributed by atoms with Crippen molar-refractivity contribution in [1.29, 1.82) is 0 Å². The van der Waals surface area contributed by atoms with E-state index in [0.29, 0.717) is 5.69 Å². The standard InChI is InChI=1S/C19H20BrNO5/c1-8-3-4-12(9(2)5-8)21-13(22)7-25-18(23)14-10-6-11-15(14)19(24)26-17(11)16(10)20/h3-5,10-11,14-17H,6-7H2,1-2H3,(H,21,22)/t10-,11-,14-,15+,16-,17+/m1/s1. The molecule has 1 aliphatic heterocycles. The molecule has 6 atom stereocenters. The summed E-state index contributed by atoms with van der Waals surface area (Å²) >= 11 is 3.56. The minimum atomic E-state index is -0.524. The molecule has 1 heterocycles. The molecular weight excluding hydrogens is 402 g/mol. The Bertz CT molecular complexity index is 794. The third-order valence-corrected chi connectivity index (χ3v) is 7.00. The van der Waals surface area contributed by atoms with Crippen LogP contribution in [-0.2, 0) is 23.9 Å². The second-order valence-corrected chi connectivity index (χ2v) is 8.49. The largest absolute Gasteiger partial charge is 0.461 e. The summed E-state index contributed by atoms with van der Waals surface area (Å²) < 4.78 is 10.6. The molecule has 0 spiro atoms. The Morgan fingerprint density at radius 1 is 1.31 bits per heavy atom. The predicted octanol–water partition coefficient (Wildman–Crippen LogP) is 2.36. The smallest absolute Gasteiger partial charge is 0.310 e. The number of esters is 2.